The van der Waals surface area contributed by atoms with Gasteiger partial charge in [-0.1, -0.05) is 6.92 Å². The Morgan fingerprint density at radius 3 is 2.47 bits per heavy atom. The van der Waals surface area contributed by atoms with Gasteiger partial charge in [0.15, 0.2) is 0 Å². The lowest BCUT2D eigenvalue weighted by molar-refractivity contribution is -0.130. The van der Waals surface area contributed by atoms with Crippen LogP contribution in [0.15, 0.2) is 0 Å². The normalized spacial score (nSPS) is 27.1. The first-order chi connectivity index (χ1) is 7.04. The first-order valence-corrected chi connectivity index (χ1v) is 5.69. The van der Waals surface area contributed by atoms with Crippen molar-refractivity contribution in [2.75, 3.05) is 19.8 Å². The molecule has 86 valence electrons. The molecule has 1 saturated heterocycles. The summed E-state index contributed by atoms with van der Waals surface area (Å²) in [7, 11) is 0. The van der Waals surface area contributed by atoms with Gasteiger partial charge in [-0.05, 0) is 31.1 Å². The second-order valence-corrected chi connectivity index (χ2v) is 5.26. The highest BCUT2D eigenvalue weighted by Crippen LogP contribution is 2.44. The van der Waals surface area contributed by atoms with E-state index in [1.54, 1.807) is 0 Å². The van der Waals surface area contributed by atoms with E-state index in [1.807, 2.05) is 0 Å². The van der Waals surface area contributed by atoms with Crippen LogP contribution in [0.25, 0.3) is 0 Å². The fraction of sp³-hybridized carbons (Fsp3) is 0.909. The number of nitrogens with one attached hydrogen (secondary N) is 1. The van der Waals surface area contributed by atoms with E-state index < -0.39 is 5.54 Å². The van der Waals surface area contributed by atoms with Crippen molar-refractivity contribution in [1.29, 1.82) is 0 Å². The van der Waals surface area contributed by atoms with Crippen LogP contribution in [0.4, 0.5) is 0 Å². The number of carbonyl (C=O) groups excluding carboxylic acids is 1. The van der Waals surface area contributed by atoms with Gasteiger partial charge in [0.2, 0.25) is 5.91 Å². The van der Waals surface area contributed by atoms with Crippen molar-refractivity contribution >= 4 is 5.91 Å². The maximum atomic E-state index is 11.9. The van der Waals surface area contributed by atoms with Gasteiger partial charge in [-0.3, -0.25) is 4.79 Å². The third-order valence-electron chi connectivity index (χ3n) is 3.62. The summed E-state index contributed by atoms with van der Waals surface area (Å²) in [5.74, 6) is -0.000995. The molecule has 15 heavy (non-hydrogen) atoms. The molecule has 3 N–H and O–H groups in total. The zero-order valence-corrected chi connectivity index (χ0v) is 9.34. The predicted octanol–water partition coefficient (Wildman–Crippen LogP) is 0.411. The minimum Gasteiger partial charge on any atom is -0.381 e. The topological polar surface area (TPSA) is 64.4 Å². The van der Waals surface area contributed by atoms with Crippen LogP contribution in [0.2, 0.25) is 0 Å². The molecular formula is C11H20N2O2. The van der Waals surface area contributed by atoms with E-state index in [9.17, 15) is 4.79 Å². The monoisotopic (exact) mass is 212 g/mol. The fourth-order valence-corrected chi connectivity index (χ4v) is 1.82. The number of rotatable bonds is 3. The standard InChI is InChI=1S/C11H20N2O2/c1-10(2-3-10)8-13-9(14)11(12)4-6-15-7-5-11/h2-8,12H2,1H3,(H,13,14). The Hall–Kier alpha value is -0.610. The minimum atomic E-state index is -0.691. The van der Waals surface area contributed by atoms with E-state index in [1.165, 1.54) is 12.8 Å². The van der Waals surface area contributed by atoms with Crippen molar-refractivity contribution in [1.82, 2.24) is 5.32 Å². The summed E-state index contributed by atoms with van der Waals surface area (Å²) in [5, 5.41) is 2.98. The van der Waals surface area contributed by atoms with Crippen molar-refractivity contribution in [2.24, 2.45) is 11.1 Å². The first-order valence-electron chi connectivity index (χ1n) is 5.69. The van der Waals surface area contributed by atoms with Gasteiger partial charge in [0.1, 0.15) is 0 Å². The van der Waals surface area contributed by atoms with Crippen molar-refractivity contribution in [3.05, 3.63) is 0 Å². The Morgan fingerprint density at radius 2 is 1.93 bits per heavy atom. The van der Waals surface area contributed by atoms with Crippen LogP contribution in [-0.2, 0) is 9.53 Å². The largest absolute Gasteiger partial charge is 0.381 e. The maximum absolute atomic E-state index is 11.9. The zero-order valence-electron chi connectivity index (χ0n) is 9.34. The second-order valence-electron chi connectivity index (χ2n) is 5.26. The van der Waals surface area contributed by atoms with Gasteiger partial charge in [0.05, 0.1) is 5.54 Å². The molecule has 0 aromatic rings. The number of hydrogen-bond donors (Lipinski definition) is 2. The highest BCUT2D eigenvalue weighted by molar-refractivity contribution is 5.86. The van der Waals surface area contributed by atoms with Crippen LogP contribution < -0.4 is 11.1 Å². The van der Waals surface area contributed by atoms with Gasteiger partial charge < -0.3 is 15.8 Å². The van der Waals surface area contributed by atoms with Crippen LogP contribution in [0.1, 0.15) is 32.6 Å². The molecule has 0 unspecified atom stereocenters. The highest BCUT2D eigenvalue weighted by atomic mass is 16.5. The molecule has 1 saturated carbocycles. The van der Waals surface area contributed by atoms with Gasteiger partial charge >= 0.3 is 0 Å². The minimum absolute atomic E-state index is 0.000995. The van der Waals surface area contributed by atoms with E-state index in [0.29, 0.717) is 31.5 Å². The van der Waals surface area contributed by atoms with Gasteiger partial charge in [0.25, 0.3) is 0 Å². The Balaban J connectivity index is 1.83. The van der Waals surface area contributed by atoms with E-state index in [-0.39, 0.29) is 5.91 Å². The lowest BCUT2D eigenvalue weighted by Gasteiger charge is -2.32. The summed E-state index contributed by atoms with van der Waals surface area (Å²) in [6.07, 6.45) is 3.70. The molecular weight excluding hydrogens is 192 g/mol. The maximum Gasteiger partial charge on any atom is 0.240 e. The van der Waals surface area contributed by atoms with Crippen LogP contribution in [-0.4, -0.2) is 31.2 Å². The Bertz CT molecular complexity index is 255. The zero-order chi connectivity index (χ0) is 10.9. The van der Waals surface area contributed by atoms with Crippen molar-refractivity contribution < 1.29 is 9.53 Å². The van der Waals surface area contributed by atoms with Gasteiger partial charge in [-0.25, -0.2) is 0 Å². The lowest BCUT2D eigenvalue weighted by Crippen LogP contribution is -2.57. The molecule has 2 aliphatic rings. The summed E-state index contributed by atoms with van der Waals surface area (Å²) in [6.45, 7) is 4.16. The number of hydrogen-bond acceptors (Lipinski definition) is 3. The SMILES string of the molecule is CC1(CNC(=O)C2(N)CCOCC2)CC1. The average molecular weight is 212 g/mol. The first kappa shape index (κ1) is 10.9. The molecule has 0 aromatic carbocycles. The quantitative estimate of drug-likeness (QED) is 0.712. The molecule has 2 rings (SSSR count). The fourth-order valence-electron chi connectivity index (χ4n) is 1.82. The summed E-state index contributed by atoms with van der Waals surface area (Å²) < 4.78 is 5.21. The van der Waals surface area contributed by atoms with Crippen LogP contribution in [0.5, 0.6) is 0 Å². The highest BCUT2D eigenvalue weighted by Gasteiger charge is 2.40. The molecule has 0 radical (unpaired) electrons. The molecule has 0 aromatic heterocycles. The van der Waals surface area contributed by atoms with E-state index in [4.69, 9.17) is 10.5 Å². The van der Waals surface area contributed by atoms with Gasteiger partial charge in [-0.15, -0.1) is 0 Å². The molecule has 2 fully saturated rings. The van der Waals surface area contributed by atoms with E-state index >= 15 is 0 Å². The van der Waals surface area contributed by atoms with E-state index in [0.717, 1.165) is 6.54 Å². The smallest absolute Gasteiger partial charge is 0.240 e. The average Bonchev–Trinajstić information content (AvgIpc) is 2.95. The molecule has 0 bridgehead atoms. The summed E-state index contributed by atoms with van der Waals surface area (Å²) in [6, 6.07) is 0. The van der Waals surface area contributed by atoms with Crippen LogP contribution >= 0.6 is 0 Å². The predicted molar refractivity (Wildman–Crippen MR) is 57.3 cm³/mol. The molecule has 0 spiro atoms. The number of amides is 1. The van der Waals surface area contributed by atoms with E-state index in [2.05, 4.69) is 12.2 Å². The summed E-state index contributed by atoms with van der Waals surface area (Å²) in [4.78, 5) is 11.9. The second kappa shape index (κ2) is 3.76. The molecule has 1 amide bonds. The number of ether oxygens (including phenoxy) is 1. The Labute approximate surface area is 90.5 Å². The lowest BCUT2D eigenvalue weighted by atomic mass is 9.90. The Morgan fingerprint density at radius 1 is 1.33 bits per heavy atom. The molecule has 1 heterocycles. The van der Waals surface area contributed by atoms with Crippen LogP contribution in [0.3, 0.4) is 0 Å². The van der Waals surface area contributed by atoms with Crippen molar-refractivity contribution in [3.8, 4) is 0 Å². The molecule has 4 heteroatoms. The van der Waals surface area contributed by atoms with Crippen LogP contribution in [0, 0.1) is 5.41 Å². The number of carbonyl (C=O) groups is 1. The summed E-state index contributed by atoms with van der Waals surface area (Å²) in [5.41, 5.74) is 5.71. The third-order valence-corrected chi connectivity index (χ3v) is 3.62. The number of nitrogens with two attached hydrogens (primary N) is 1. The molecule has 0 atom stereocenters. The van der Waals surface area contributed by atoms with Gasteiger partial charge in [0, 0.05) is 19.8 Å². The molecule has 1 aliphatic carbocycles. The third kappa shape index (κ3) is 2.49. The molecule has 1 aliphatic heterocycles. The van der Waals surface area contributed by atoms with Crippen molar-refractivity contribution in [3.63, 3.8) is 0 Å². The Kier molecular flexibility index (Phi) is 2.73. The summed E-state index contributed by atoms with van der Waals surface area (Å²) >= 11 is 0. The van der Waals surface area contributed by atoms with Gasteiger partial charge in [-0.2, -0.15) is 0 Å². The molecule has 4 nitrogen and oxygen atoms in total. The van der Waals surface area contributed by atoms with Crippen molar-refractivity contribution in [2.45, 2.75) is 38.1 Å².